The second-order valence-electron chi connectivity index (χ2n) is 12.1. The monoisotopic (exact) mass is 502 g/mol. The van der Waals surface area contributed by atoms with Crippen molar-refractivity contribution in [1.82, 2.24) is 0 Å². The molecule has 2 aromatic carbocycles. The first-order chi connectivity index (χ1) is 17.5. The molecule has 4 rings (SSSR count). The molecule has 1 fully saturated rings. The van der Waals surface area contributed by atoms with E-state index in [2.05, 4.69) is 79.7 Å². The molecule has 0 amide bonds. The second-order valence-corrected chi connectivity index (χ2v) is 12.1. The summed E-state index contributed by atoms with van der Waals surface area (Å²) in [6, 6.07) is 12.1. The predicted octanol–water partition coefficient (Wildman–Crippen LogP) is 8.13. The number of carbonyl (C=O) groups excluding carboxylic acids is 2. The summed E-state index contributed by atoms with van der Waals surface area (Å²) in [7, 11) is 0. The molecule has 0 N–H and O–H groups in total. The summed E-state index contributed by atoms with van der Waals surface area (Å²) < 4.78 is 12.1. The maximum atomic E-state index is 13.6. The van der Waals surface area contributed by atoms with Crippen molar-refractivity contribution in [3.05, 3.63) is 70.8 Å². The zero-order chi connectivity index (χ0) is 27.0. The van der Waals surface area contributed by atoms with Gasteiger partial charge in [0.1, 0.15) is 11.5 Å². The van der Waals surface area contributed by atoms with Gasteiger partial charge in [0, 0.05) is 0 Å². The molecule has 1 saturated carbocycles. The number of esters is 2. The maximum Gasteiger partial charge on any atom is 0.315 e. The molecule has 4 atom stereocenters. The summed E-state index contributed by atoms with van der Waals surface area (Å²) in [6.07, 6.45) is 4.93. The van der Waals surface area contributed by atoms with E-state index in [4.69, 9.17) is 9.47 Å². The second kappa shape index (κ2) is 10.8. The van der Waals surface area contributed by atoms with Crippen LogP contribution in [0, 0.1) is 23.7 Å². The van der Waals surface area contributed by atoms with Gasteiger partial charge in [0.2, 0.25) is 0 Å². The van der Waals surface area contributed by atoms with E-state index in [0.717, 1.165) is 17.5 Å². The van der Waals surface area contributed by atoms with Gasteiger partial charge in [0.15, 0.2) is 0 Å². The molecule has 0 aromatic heterocycles. The summed E-state index contributed by atoms with van der Waals surface area (Å²) in [5.41, 5.74) is 4.47. The largest absolute Gasteiger partial charge is 0.426 e. The molecule has 2 aliphatic carbocycles. The van der Waals surface area contributed by atoms with Gasteiger partial charge < -0.3 is 9.47 Å². The number of benzene rings is 2. The highest BCUT2D eigenvalue weighted by Gasteiger charge is 2.53. The van der Waals surface area contributed by atoms with Crippen LogP contribution in [0.4, 0.5) is 0 Å². The van der Waals surface area contributed by atoms with Crippen LogP contribution in [-0.2, 0) is 9.59 Å². The minimum Gasteiger partial charge on any atom is -0.426 e. The lowest BCUT2D eigenvalue weighted by Gasteiger charge is -2.26. The van der Waals surface area contributed by atoms with Crippen LogP contribution in [0.15, 0.2) is 48.6 Å². The number of allylic oxidation sites excluding steroid dienone is 2. The Labute approximate surface area is 222 Å². The van der Waals surface area contributed by atoms with Crippen LogP contribution in [0.3, 0.4) is 0 Å². The Kier molecular flexibility index (Phi) is 7.96. The molecule has 37 heavy (non-hydrogen) atoms. The highest BCUT2D eigenvalue weighted by atomic mass is 16.5. The Bertz CT molecular complexity index is 1100. The van der Waals surface area contributed by atoms with Crippen molar-refractivity contribution < 1.29 is 19.1 Å². The third kappa shape index (κ3) is 5.54. The van der Waals surface area contributed by atoms with E-state index in [1.165, 1.54) is 11.1 Å². The highest BCUT2D eigenvalue weighted by Crippen LogP contribution is 2.49. The minimum absolute atomic E-state index is 0.000346. The van der Waals surface area contributed by atoms with Crippen molar-refractivity contribution >= 4 is 11.9 Å². The molecular weight excluding hydrogens is 460 g/mol. The number of carbonyl (C=O) groups is 2. The smallest absolute Gasteiger partial charge is 0.315 e. The third-order valence-electron chi connectivity index (χ3n) is 8.07. The number of ether oxygens (including phenoxy) is 2. The Morgan fingerprint density at radius 3 is 1.32 bits per heavy atom. The normalized spacial score (nSPS) is 22.5. The fourth-order valence-corrected chi connectivity index (χ4v) is 5.76. The summed E-state index contributed by atoms with van der Waals surface area (Å²) in [6.45, 7) is 17.0. The molecule has 4 nitrogen and oxygen atoms in total. The Morgan fingerprint density at radius 2 is 1.00 bits per heavy atom. The molecular formula is C33H42O4. The van der Waals surface area contributed by atoms with Crippen LogP contribution in [0.1, 0.15) is 108 Å². The number of fused-ring (bicyclic) bond motifs is 2. The molecule has 2 aliphatic rings. The fraction of sp³-hybridized carbons (Fsp3) is 0.515. The van der Waals surface area contributed by atoms with Crippen molar-refractivity contribution in [1.29, 1.82) is 0 Å². The van der Waals surface area contributed by atoms with Crippen LogP contribution >= 0.6 is 0 Å². The van der Waals surface area contributed by atoms with Gasteiger partial charge in [0.25, 0.3) is 0 Å². The third-order valence-corrected chi connectivity index (χ3v) is 8.07. The first-order valence-corrected chi connectivity index (χ1v) is 13.9. The molecule has 0 radical (unpaired) electrons. The maximum absolute atomic E-state index is 13.6. The van der Waals surface area contributed by atoms with Crippen LogP contribution in [0.25, 0.3) is 0 Å². The van der Waals surface area contributed by atoms with Gasteiger partial charge in [-0.2, -0.15) is 0 Å². The van der Waals surface area contributed by atoms with Crippen LogP contribution in [-0.4, -0.2) is 11.9 Å². The van der Waals surface area contributed by atoms with Gasteiger partial charge >= 0.3 is 11.9 Å². The van der Waals surface area contributed by atoms with Crippen molar-refractivity contribution in [3.8, 4) is 11.5 Å². The van der Waals surface area contributed by atoms with Crippen LogP contribution in [0.5, 0.6) is 11.5 Å². The van der Waals surface area contributed by atoms with Crippen molar-refractivity contribution in [3.63, 3.8) is 0 Å². The number of hydrogen-bond acceptors (Lipinski definition) is 4. The molecule has 4 unspecified atom stereocenters. The fourth-order valence-electron chi connectivity index (χ4n) is 5.76. The summed E-state index contributed by atoms with van der Waals surface area (Å²) >= 11 is 0. The van der Waals surface area contributed by atoms with Crippen molar-refractivity contribution in [2.45, 2.75) is 85.5 Å². The zero-order valence-electron chi connectivity index (χ0n) is 23.6. The Morgan fingerprint density at radius 1 is 0.622 bits per heavy atom. The van der Waals surface area contributed by atoms with Gasteiger partial charge in [-0.3, -0.25) is 9.59 Å². The van der Waals surface area contributed by atoms with Crippen molar-refractivity contribution in [2.75, 3.05) is 0 Å². The number of hydrogen-bond donors (Lipinski definition) is 0. The van der Waals surface area contributed by atoms with E-state index in [1.54, 1.807) is 0 Å². The van der Waals surface area contributed by atoms with Crippen LogP contribution in [0.2, 0.25) is 0 Å². The van der Waals surface area contributed by atoms with Gasteiger partial charge in [0.05, 0.1) is 11.8 Å². The predicted molar refractivity (Wildman–Crippen MR) is 148 cm³/mol. The van der Waals surface area contributed by atoms with E-state index < -0.39 is 11.8 Å². The molecule has 198 valence electrons. The molecule has 0 spiro atoms. The van der Waals surface area contributed by atoms with E-state index >= 15 is 0 Å². The Balaban J connectivity index is 1.58. The summed E-state index contributed by atoms with van der Waals surface area (Å²) in [5, 5.41) is 0. The zero-order valence-corrected chi connectivity index (χ0v) is 23.6. The van der Waals surface area contributed by atoms with E-state index in [1.807, 2.05) is 24.3 Å². The standard InChI is InChI=1S/C33H42O4/c1-18(2)22-11-13-28(26(16-22)20(5)6)36-32(34)30-24-9-10-25(15-24)31(30)33(35)37-29-14-12-23(19(3)4)17-27(29)21(7)8/h9-14,16-21,24-25,30-31H,15H2,1-8H3. The van der Waals surface area contributed by atoms with Crippen molar-refractivity contribution in [2.24, 2.45) is 23.7 Å². The first kappa shape index (κ1) is 27.2. The molecule has 0 saturated heterocycles. The highest BCUT2D eigenvalue weighted by molar-refractivity contribution is 5.87. The van der Waals surface area contributed by atoms with Gasteiger partial charge in [-0.05, 0) is 76.3 Å². The van der Waals surface area contributed by atoms with Crippen LogP contribution < -0.4 is 9.47 Å². The lowest BCUT2D eigenvalue weighted by Crippen LogP contribution is -2.37. The molecule has 0 aliphatic heterocycles. The molecule has 4 heteroatoms. The summed E-state index contributed by atoms with van der Waals surface area (Å²) in [4.78, 5) is 27.2. The van der Waals surface area contributed by atoms with Gasteiger partial charge in [-0.1, -0.05) is 91.8 Å². The lowest BCUT2D eigenvalue weighted by atomic mass is 9.83. The minimum atomic E-state index is -0.537. The van der Waals surface area contributed by atoms with E-state index in [9.17, 15) is 9.59 Å². The average molecular weight is 503 g/mol. The SMILES string of the molecule is CC(C)c1ccc(OC(=O)C2C3C=CC(C3)C2C(=O)Oc2ccc(C(C)C)cc2C(C)C)c(C(C)C)c1. The molecule has 0 heterocycles. The first-order valence-electron chi connectivity index (χ1n) is 13.9. The Hall–Kier alpha value is -2.88. The molecule has 2 bridgehead atoms. The van der Waals surface area contributed by atoms with E-state index in [0.29, 0.717) is 23.3 Å². The number of rotatable bonds is 8. The quantitative estimate of drug-likeness (QED) is 0.208. The average Bonchev–Trinajstić information content (AvgIpc) is 3.46. The van der Waals surface area contributed by atoms with E-state index in [-0.39, 0.29) is 35.6 Å². The topological polar surface area (TPSA) is 52.6 Å². The molecule has 2 aromatic rings. The van der Waals surface area contributed by atoms with Gasteiger partial charge in [-0.25, -0.2) is 0 Å². The lowest BCUT2D eigenvalue weighted by molar-refractivity contribution is -0.151. The summed E-state index contributed by atoms with van der Waals surface area (Å²) in [5.74, 6) is 0.648. The van der Waals surface area contributed by atoms with Gasteiger partial charge in [-0.15, -0.1) is 0 Å².